The molecule has 0 aliphatic carbocycles. The molecule has 0 fully saturated rings. The third-order valence-corrected chi connectivity index (χ3v) is 6.69. The van der Waals surface area contributed by atoms with Crippen molar-refractivity contribution in [1.29, 1.82) is 0 Å². The van der Waals surface area contributed by atoms with Gasteiger partial charge in [0.1, 0.15) is 18.1 Å². The van der Waals surface area contributed by atoms with Gasteiger partial charge in [-0.1, -0.05) is 15.9 Å². The average molecular weight is 662 g/mol. The van der Waals surface area contributed by atoms with Gasteiger partial charge in [-0.3, -0.25) is 4.79 Å². The van der Waals surface area contributed by atoms with Crippen molar-refractivity contribution in [2.24, 2.45) is 5.10 Å². The number of halogens is 3. The van der Waals surface area contributed by atoms with Crippen molar-refractivity contribution in [3.8, 4) is 17.2 Å². The van der Waals surface area contributed by atoms with Crippen LogP contribution in [-0.2, 0) is 6.61 Å². The topological polar surface area (TPSA) is 64.8 Å². The lowest BCUT2D eigenvalue weighted by molar-refractivity contribution is 0.0955. The number of carbonyl (C=O) groups is 1. The molecule has 3 aromatic carbocycles. The number of nitrogens with one attached hydrogen (secondary N) is 1. The van der Waals surface area contributed by atoms with Crippen molar-refractivity contribution in [2.45, 2.75) is 6.61 Å². The number of ether oxygens (including phenoxy) is 2. The fraction of sp³-hybridized carbons (Fsp3) is 0.0769. The molecule has 4 aromatic rings. The molecule has 0 aliphatic heterocycles. The largest absolute Gasteiger partial charge is 0.496 e. The Hall–Kier alpha value is -2.88. The van der Waals surface area contributed by atoms with Gasteiger partial charge in [0.25, 0.3) is 5.91 Å². The fourth-order valence-corrected chi connectivity index (χ4v) is 5.82. The highest BCUT2D eigenvalue weighted by atomic mass is 79.9. The summed E-state index contributed by atoms with van der Waals surface area (Å²) in [5.74, 6) is 1.09. The lowest BCUT2D eigenvalue weighted by Gasteiger charge is -2.13. The maximum Gasteiger partial charge on any atom is 0.271 e. The number of methoxy groups -OCH3 is 1. The van der Waals surface area contributed by atoms with Crippen molar-refractivity contribution in [2.75, 3.05) is 7.11 Å². The molecule has 178 valence electrons. The van der Waals surface area contributed by atoms with E-state index in [4.69, 9.17) is 9.47 Å². The third-order valence-electron chi connectivity index (χ3n) is 5.05. The van der Waals surface area contributed by atoms with Gasteiger partial charge < -0.3 is 14.0 Å². The van der Waals surface area contributed by atoms with Crippen molar-refractivity contribution in [1.82, 2.24) is 9.99 Å². The zero-order valence-corrected chi connectivity index (χ0v) is 23.3. The molecular weight excluding hydrogens is 642 g/mol. The van der Waals surface area contributed by atoms with E-state index in [1.165, 1.54) is 0 Å². The van der Waals surface area contributed by atoms with E-state index in [-0.39, 0.29) is 12.5 Å². The molecule has 0 unspecified atom stereocenters. The van der Waals surface area contributed by atoms with E-state index >= 15 is 0 Å². The Labute approximate surface area is 228 Å². The highest BCUT2D eigenvalue weighted by Gasteiger charge is 2.11. The number of hydrogen-bond donors (Lipinski definition) is 1. The lowest BCUT2D eigenvalue weighted by atomic mass is 10.1. The van der Waals surface area contributed by atoms with Crippen LogP contribution in [0.5, 0.6) is 11.5 Å². The molecule has 35 heavy (non-hydrogen) atoms. The first-order chi connectivity index (χ1) is 16.9. The van der Waals surface area contributed by atoms with Gasteiger partial charge in [0.15, 0.2) is 0 Å². The maximum atomic E-state index is 12.5. The first-order valence-electron chi connectivity index (χ1n) is 10.5. The number of rotatable bonds is 8. The van der Waals surface area contributed by atoms with Gasteiger partial charge in [0, 0.05) is 33.7 Å². The number of benzene rings is 3. The molecule has 1 aromatic heterocycles. The van der Waals surface area contributed by atoms with E-state index in [1.807, 2.05) is 71.6 Å². The van der Waals surface area contributed by atoms with Gasteiger partial charge in [0.2, 0.25) is 0 Å². The molecule has 6 nitrogen and oxygen atoms in total. The van der Waals surface area contributed by atoms with Gasteiger partial charge in [-0.25, -0.2) is 5.43 Å². The summed E-state index contributed by atoms with van der Waals surface area (Å²) in [7, 11) is 1.61. The van der Waals surface area contributed by atoms with Gasteiger partial charge in [0.05, 0.1) is 22.3 Å². The summed E-state index contributed by atoms with van der Waals surface area (Å²) >= 11 is 10.5. The van der Waals surface area contributed by atoms with Crippen LogP contribution in [0.25, 0.3) is 5.69 Å². The number of hydrazone groups is 1. The second-order valence-electron chi connectivity index (χ2n) is 7.39. The smallest absolute Gasteiger partial charge is 0.271 e. The van der Waals surface area contributed by atoms with E-state index < -0.39 is 0 Å². The average Bonchev–Trinajstić information content (AvgIpc) is 3.39. The Morgan fingerprint density at radius 2 is 1.69 bits per heavy atom. The van der Waals surface area contributed by atoms with Gasteiger partial charge in [-0.2, -0.15) is 5.10 Å². The summed E-state index contributed by atoms with van der Waals surface area (Å²) in [6, 6.07) is 20.6. The SMILES string of the molecule is COc1ccc(/C=N/NC(=O)c2ccc(-n3cccc3)cc2)cc1COc1c(Br)cc(Br)cc1Br. The van der Waals surface area contributed by atoms with Crippen molar-refractivity contribution >= 4 is 59.9 Å². The highest BCUT2D eigenvalue weighted by molar-refractivity contribution is 9.11. The monoisotopic (exact) mass is 659 g/mol. The molecule has 1 heterocycles. The molecule has 0 atom stereocenters. The number of aromatic nitrogens is 1. The Morgan fingerprint density at radius 1 is 1.00 bits per heavy atom. The zero-order chi connectivity index (χ0) is 24.8. The van der Waals surface area contributed by atoms with Crippen molar-refractivity contribution < 1.29 is 14.3 Å². The Kier molecular flexibility index (Phi) is 8.43. The van der Waals surface area contributed by atoms with Crippen LogP contribution >= 0.6 is 47.8 Å². The predicted octanol–water partition coefficient (Wildman–Crippen LogP) is 7.12. The Balaban J connectivity index is 1.41. The quantitative estimate of drug-likeness (QED) is 0.162. The standard InChI is InChI=1S/C26H20Br3N3O3/c1-34-24-9-4-17(12-19(24)16-35-25-22(28)13-20(27)14-23(25)29)15-30-31-26(33)18-5-7-21(8-6-18)32-10-2-3-11-32/h2-15H,16H2,1H3,(H,31,33)/b30-15+. The van der Waals surface area contributed by atoms with Crippen LogP contribution in [-0.4, -0.2) is 23.8 Å². The number of nitrogens with zero attached hydrogens (tertiary/aromatic N) is 2. The summed E-state index contributed by atoms with van der Waals surface area (Å²) in [6.45, 7) is 0.282. The second-order valence-corrected chi connectivity index (χ2v) is 10.0. The van der Waals surface area contributed by atoms with Crippen LogP contribution in [0.3, 0.4) is 0 Å². The van der Waals surface area contributed by atoms with E-state index in [2.05, 4.69) is 58.3 Å². The molecule has 0 spiro atoms. The summed E-state index contributed by atoms with van der Waals surface area (Å²) < 4.78 is 16.0. The van der Waals surface area contributed by atoms with E-state index in [9.17, 15) is 4.79 Å². The first kappa shape index (κ1) is 25.2. The van der Waals surface area contributed by atoms with Gasteiger partial charge in [-0.15, -0.1) is 0 Å². The maximum absolute atomic E-state index is 12.5. The van der Waals surface area contributed by atoms with Crippen LogP contribution in [0.4, 0.5) is 0 Å². The minimum Gasteiger partial charge on any atom is -0.496 e. The van der Waals surface area contributed by atoms with Crippen molar-refractivity contribution in [3.05, 3.63) is 109 Å². The summed E-state index contributed by atoms with van der Waals surface area (Å²) in [6.07, 6.45) is 5.48. The molecule has 0 bridgehead atoms. The van der Waals surface area contributed by atoms with Crippen molar-refractivity contribution in [3.63, 3.8) is 0 Å². The predicted molar refractivity (Wildman–Crippen MR) is 148 cm³/mol. The number of hydrogen-bond acceptors (Lipinski definition) is 4. The molecule has 1 N–H and O–H groups in total. The van der Waals surface area contributed by atoms with Crippen LogP contribution in [0, 0.1) is 0 Å². The normalized spacial score (nSPS) is 11.0. The summed E-state index contributed by atoms with van der Waals surface area (Å²) in [5, 5.41) is 4.11. The summed E-state index contributed by atoms with van der Waals surface area (Å²) in [5.41, 5.74) is 5.70. The zero-order valence-electron chi connectivity index (χ0n) is 18.5. The molecule has 0 aliphatic rings. The second kappa shape index (κ2) is 11.7. The minimum absolute atomic E-state index is 0.282. The molecule has 1 amide bonds. The van der Waals surface area contributed by atoms with E-state index in [1.54, 1.807) is 25.5 Å². The number of carbonyl (C=O) groups excluding carboxylic acids is 1. The first-order valence-corrected chi connectivity index (χ1v) is 12.8. The number of amides is 1. The van der Waals surface area contributed by atoms with Crippen LogP contribution in [0.15, 0.2) is 97.6 Å². The molecule has 4 rings (SSSR count). The molecular formula is C26H20Br3N3O3. The third kappa shape index (κ3) is 6.42. The van der Waals surface area contributed by atoms with Crippen LogP contribution in [0.2, 0.25) is 0 Å². The lowest BCUT2D eigenvalue weighted by Crippen LogP contribution is -2.17. The molecule has 0 saturated heterocycles. The summed E-state index contributed by atoms with van der Waals surface area (Å²) in [4.78, 5) is 12.5. The van der Waals surface area contributed by atoms with E-state index in [0.717, 1.165) is 30.2 Å². The van der Waals surface area contributed by atoms with Crippen LogP contribution in [0.1, 0.15) is 21.5 Å². The Bertz CT molecular complexity index is 1330. The molecule has 0 saturated carbocycles. The van der Waals surface area contributed by atoms with Crippen LogP contribution < -0.4 is 14.9 Å². The minimum atomic E-state index is -0.290. The fourth-order valence-electron chi connectivity index (χ4n) is 3.33. The molecule has 9 heteroatoms. The Morgan fingerprint density at radius 3 is 2.34 bits per heavy atom. The molecule has 0 radical (unpaired) electrons. The van der Waals surface area contributed by atoms with E-state index in [0.29, 0.717) is 17.1 Å². The highest BCUT2D eigenvalue weighted by Crippen LogP contribution is 2.37. The van der Waals surface area contributed by atoms with Gasteiger partial charge in [-0.05, 0) is 104 Å². The van der Waals surface area contributed by atoms with Gasteiger partial charge >= 0.3 is 0 Å².